The first-order chi connectivity index (χ1) is 20.0. The molecule has 4 rings (SSSR count). The van der Waals surface area contributed by atoms with Crippen LogP contribution in [0.4, 0.5) is 0 Å². The Kier molecular flexibility index (Phi) is 11.5. The van der Waals surface area contributed by atoms with Crippen molar-refractivity contribution in [3.63, 3.8) is 0 Å². The molecule has 0 aromatic heterocycles. The van der Waals surface area contributed by atoms with Gasteiger partial charge >= 0.3 is 5.97 Å². The monoisotopic (exact) mass is 555 g/mol. The number of Topliss-reactive ketones (excluding diaryl/α,β-unsaturated/α-hetero) is 1. The van der Waals surface area contributed by atoms with E-state index in [1.165, 1.54) is 12.7 Å². The molecule has 1 aliphatic rings. The fraction of sp³-hybridized carbons (Fsp3) is 0.400. The van der Waals surface area contributed by atoms with Crippen molar-refractivity contribution in [2.45, 2.75) is 70.4 Å². The van der Waals surface area contributed by atoms with E-state index in [-0.39, 0.29) is 11.8 Å². The molecule has 3 aromatic carbocycles. The molecule has 0 unspecified atom stereocenters. The van der Waals surface area contributed by atoms with E-state index in [0.717, 1.165) is 49.0 Å². The third-order valence-corrected chi connectivity index (χ3v) is 7.92. The van der Waals surface area contributed by atoms with Gasteiger partial charge in [0, 0.05) is 25.7 Å². The van der Waals surface area contributed by atoms with E-state index in [1.807, 2.05) is 72.8 Å². The summed E-state index contributed by atoms with van der Waals surface area (Å²) in [5.41, 5.74) is 3.20. The predicted molar refractivity (Wildman–Crippen MR) is 159 cm³/mol. The van der Waals surface area contributed by atoms with Gasteiger partial charge in [-0.15, -0.1) is 0 Å². The number of ketones is 1. The van der Waals surface area contributed by atoms with Gasteiger partial charge in [0.2, 0.25) is 5.91 Å². The molecule has 0 radical (unpaired) electrons. The lowest BCUT2D eigenvalue weighted by molar-refractivity contribution is -0.145. The van der Waals surface area contributed by atoms with E-state index < -0.39 is 12.0 Å². The molecule has 6 nitrogen and oxygen atoms in total. The molecule has 0 spiro atoms. The number of carbonyl (C=O) groups is 3. The normalized spacial score (nSPS) is 17.3. The fourth-order valence-corrected chi connectivity index (χ4v) is 5.54. The molecule has 1 saturated carbocycles. The predicted octanol–water partition coefficient (Wildman–Crippen LogP) is 6.25. The van der Waals surface area contributed by atoms with Crippen molar-refractivity contribution < 1.29 is 23.9 Å². The average molecular weight is 556 g/mol. The second-order valence-corrected chi connectivity index (χ2v) is 11.1. The summed E-state index contributed by atoms with van der Waals surface area (Å²) in [7, 11) is 1.34. The molecule has 1 aliphatic carbocycles. The minimum absolute atomic E-state index is 0.134. The Morgan fingerprint density at radius 2 is 1.34 bits per heavy atom. The first kappa shape index (κ1) is 30.0. The van der Waals surface area contributed by atoms with Gasteiger partial charge in [-0.25, -0.2) is 4.79 Å². The molecule has 0 heterocycles. The van der Waals surface area contributed by atoms with Crippen LogP contribution in [0.2, 0.25) is 0 Å². The topological polar surface area (TPSA) is 81.7 Å². The van der Waals surface area contributed by atoms with E-state index >= 15 is 0 Å². The molecule has 0 aliphatic heterocycles. The number of hydrogen-bond donors (Lipinski definition) is 1. The summed E-state index contributed by atoms with van der Waals surface area (Å²) in [4.78, 5) is 37.9. The highest BCUT2D eigenvalue weighted by Crippen LogP contribution is 2.33. The first-order valence-electron chi connectivity index (χ1n) is 14.7. The van der Waals surface area contributed by atoms with Gasteiger partial charge < -0.3 is 14.8 Å². The molecule has 1 N–H and O–H groups in total. The van der Waals surface area contributed by atoms with E-state index in [2.05, 4.69) is 17.4 Å². The number of aryl methyl sites for hydroxylation is 1. The highest BCUT2D eigenvalue weighted by Gasteiger charge is 2.27. The third kappa shape index (κ3) is 10.2. The Bertz CT molecular complexity index is 1230. The quantitative estimate of drug-likeness (QED) is 0.238. The van der Waals surface area contributed by atoms with Crippen molar-refractivity contribution in [2.75, 3.05) is 7.11 Å². The summed E-state index contributed by atoms with van der Waals surface area (Å²) in [5, 5.41) is 2.90. The van der Waals surface area contributed by atoms with E-state index in [1.54, 1.807) is 0 Å². The highest BCUT2D eigenvalue weighted by atomic mass is 16.5. The fourth-order valence-electron chi connectivity index (χ4n) is 5.54. The number of rotatable bonds is 14. The second-order valence-electron chi connectivity index (χ2n) is 11.1. The molecule has 1 amide bonds. The van der Waals surface area contributed by atoms with Gasteiger partial charge in [-0.1, -0.05) is 72.8 Å². The van der Waals surface area contributed by atoms with Gasteiger partial charge in [0.15, 0.2) is 0 Å². The van der Waals surface area contributed by atoms with Crippen molar-refractivity contribution >= 4 is 17.7 Å². The third-order valence-electron chi connectivity index (χ3n) is 7.92. The second kappa shape index (κ2) is 15.8. The molecule has 0 bridgehead atoms. The number of ether oxygens (including phenoxy) is 2. The number of nitrogens with one attached hydrogen (secondary N) is 1. The number of carbonyl (C=O) groups excluding carboxylic acids is 3. The first-order valence-corrected chi connectivity index (χ1v) is 14.7. The van der Waals surface area contributed by atoms with Gasteiger partial charge in [0.05, 0.1) is 7.11 Å². The highest BCUT2D eigenvalue weighted by molar-refractivity contribution is 5.84. The molecule has 216 valence electrons. The van der Waals surface area contributed by atoms with Crippen LogP contribution in [0.5, 0.6) is 5.75 Å². The molecular formula is C35H41NO5. The van der Waals surface area contributed by atoms with Crippen molar-refractivity contribution in [3.05, 3.63) is 102 Å². The zero-order valence-electron chi connectivity index (χ0n) is 23.9. The number of benzene rings is 3. The lowest BCUT2D eigenvalue weighted by atomic mass is 9.78. The van der Waals surface area contributed by atoms with Crippen molar-refractivity contribution in [1.29, 1.82) is 0 Å². The lowest BCUT2D eigenvalue weighted by Crippen LogP contribution is -2.43. The van der Waals surface area contributed by atoms with Crippen LogP contribution >= 0.6 is 0 Å². The Balaban J connectivity index is 1.18. The smallest absolute Gasteiger partial charge is 0.328 e. The maximum Gasteiger partial charge on any atom is 0.328 e. The summed E-state index contributed by atoms with van der Waals surface area (Å²) < 4.78 is 10.8. The Labute approximate surface area is 243 Å². The number of hydrogen-bond acceptors (Lipinski definition) is 5. The summed E-state index contributed by atoms with van der Waals surface area (Å²) in [6, 6.07) is 26.9. The van der Waals surface area contributed by atoms with E-state index in [9.17, 15) is 14.4 Å². The van der Waals surface area contributed by atoms with Gasteiger partial charge in [-0.3, -0.25) is 9.59 Å². The number of amides is 1. The lowest BCUT2D eigenvalue weighted by Gasteiger charge is -2.28. The molecule has 6 heteroatoms. The summed E-state index contributed by atoms with van der Waals surface area (Å²) in [6.07, 6.45) is 6.53. The SMILES string of the molecule is COC(=O)[C@H](Cc1ccc(OCc2ccccc2)cc1)NC(=O)CC1CCC(CC(=O)CCc2ccccc2)CC1. The standard InChI is InChI=1S/C35H41NO5/c1-40-35(39)33(23-28-17-20-32(21-18-28)41-25-30-10-6-3-7-11-30)36-34(38)24-29-14-12-27(13-15-29)22-31(37)19-16-26-8-4-2-5-9-26/h2-11,17-18,20-21,27,29,33H,12-16,19,22-25H2,1H3,(H,36,38)/t27?,29?,33-/m0/s1. The van der Waals surface area contributed by atoms with Gasteiger partial charge in [-0.2, -0.15) is 0 Å². The average Bonchev–Trinajstić information content (AvgIpc) is 3.01. The minimum Gasteiger partial charge on any atom is -0.489 e. The Morgan fingerprint density at radius 1 is 0.756 bits per heavy atom. The van der Waals surface area contributed by atoms with Gasteiger partial charge in [0.1, 0.15) is 24.2 Å². The van der Waals surface area contributed by atoms with Crippen LogP contribution in [0.25, 0.3) is 0 Å². The van der Waals surface area contributed by atoms with Crippen LogP contribution in [0.3, 0.4) is 0 Å². The van der Waals surface area contributed by atoms with Crippen molar-refractivity contribution in [1.82, 2.24) is 5.32 Å². The minimum atomic E-state index is -0.748. The van der Waals surface area contributed by atoms with Crippen molar-refractivity contribution in [2.24, 2.45) is 11.8 Å². The zero-order valence-corrected chi connectivity index (χ0v) is 23.9. The maximum absolute atomic E-state index is 12.9. The molecule has 1 fully saturated rings. The number of methoxy groups -OCH3 is 1. The Hall–Kier alpha value is -3.93. The number of esters is 1. The summed E-state index contributed by atoms with van der Waals surface area (Å²) in [6.45, 7) is 0.480. The van der Waals surface area contributed by atoms with Crippen LogP contribution in [-0.4, -0.2) is 30.8 Å². The van der Waals surface area contributed by atoms with E-state index in [4.69, 9.17) is 9.47 Å². The van der Waals surface area contributed by atoms with Gasteiger partial charge in [-0.05, 0) is 72.8 Å². The van der Waals surface area contributed by atoms with Crippen LogP contribution in [0.15, 0.2) is 84.9 Å². The van der Waals surface area contributed by atoms with Crippen LogP contribution in [0.1, 0.15) is 61.6 Å². The van der Waals surface area contributed by atoms with Crippen LogP contribution in [-0.2, 0) is 38.6 Å². The van der Waals surface area contributed by atoms with Crippen molar-refractivity contribution in [3.8, 4) is 5.75 Å². The molecular weight excluding hydrogens is 514 g/mol. The van der Waals surface area contributed by atoms with Gasteiger partial charge in [0.25, 0.3) is 0 Å². The molecule has 3 aromatic rings. The van der Waals surface area contributed by atoms with Crippen LogP contribution in [0, 0.1) is 11.8 Å². The largest absolute Gasteiger partial charge is 0.489 e. The molecule has 0 saturated heterocycles. The Morgan fingerprint density at radius 3 is 1.95 bits per heavy atom. The maximum atomic E-state index is 12.9. The van der Waals surface area contributed by atoms with E-state index in [0.29, 0.717) is 44.0 Å². The molecule has 1 atom stereocenters. The summed E-state index contributed by atoms with van der Waals surface area (Å²) >= 11 is 0. The molecule has 41 heavy (non-hydrogen) atoms. The zero-order chi connectivity index (χ0) is 28.9. The summed E-state index contributed by atoms with van der Waals surface area (Å²) in [5.74, 6) is 1.15. The van der Waals surface area contributed by atoms with Crippen LogP contribution < -0.4 is 10.1 Å².